The minimum Gasteiger partial charge on any atom is -0.294 e. The Morgan fingerprint density at radius 3 is 1.39 bits per heavy atom. The lowest BCUT2D eigenvalue weighted by molar-refractivity contribution is 0.0896. The van der Waals surface area contributed by atoms with Crippen molar-refractivity contribution < 1.29 is 18.2 Å². The summed E-state index contributed by atoms with van der Waals surface area (Å²) in [5.74, 6) is -0.288. The molecule has 0 bridgehead atoms. The van der Waals surface area contributed by atoms with Gasteiger partial charge in [-0.1, -0.05) is 84.9 Å². The fraction of sp³-hybridized carbons (Fsp3) is 0.0435. The van der Waals surface area contributed by atoms with Crippen LogP contribution in [0, 0.1) is 0 Å². The Kier molecular flexibility index (Phi) is 6.27. The average molecular weight is 373 g/mol. The smallest absolute Gasteiger partial charge is 0.294 e. The quantitative estimate of drug-likeness (QED) is 0.253. The third kappa shape index (κ3) is 4.14. The van der Waals surface area contributed by atoms with Crippen LogP contribution < -0.4 is 0 Å². The van der Waals surface area contributed by atoms with Crippen LogP contribution in [0.15, 0.2) is 84.9 Å². The Morgan fingerprint density at radius 1 is 0.607 bits per heavy atom. The molecule has 4 rings (SSSR count). The van der Waals surface area contributed by atoms with Gasteiger partial charge >= 0.3 is 7.83 Å². The summed E-state index contributed by atoms with van der Waals surface area (Å²) < 4.78 is 19.0. The van der Waals surface area contributed by atoms with Gasteiger partial charge < -0.3 is 0 Å². The monoisotopic (exact) mass is 373 g/mol. The van der Waals surface area contributed by atoms with Crippen molar-refractivity contribution >= 4 is 40.9 Å². The summed E-state index contributed by atoms with van der Waals surface area (Å²) in [6, 6.07) is 26.7. The summed E-state index contributed by atoms with van der Waals surface area (Å²) in [5.41, 5.74) is 1.21. The van der Waals surface area contributed by atoms with Gasteiger partial charge in [0, 0.05) is 11.1 Å². The Balaban J connectivity index is 0.000000706. The van der Waals surface area contributed by atoms with Gasteiger partial charge in [-0.3, -0.25) is 18.2 Å². The highest BCUT2D eigenvalue weighted by Crippen LogP contribution is 2.23. The molecule has 0 N–H and O–H groups in total. The lowest BCUT2D eigenvalue weighted by atomic mass is 9.95. The number of benzene rings is 4. The first-order chi connectivity index (χ1) is 13.7. The van der Waals surface area contributed by atoms with E-state index in [4.69, 9.17) is 0 Å². The first-order valence-electron chi connectivity index (χ1n) is 8.69. The molecule has 0 aliphatic carbocycles. The zero-order valence-corrected chi connectivity index (χ0v) is 14.9. The van der Waals surface area contributed by atoms with Gasteiger partial charge in [0.25, 0.3) is 0 Å². The molecule has 0 atom stereocenters. The second-order valence-corrected chi connectivity index (χ2v) is 6.16. The van der Waals surface area contributed by atoms with Crippen LogP contribution in [0.5, 0.6) is 0 Å². The van der Waals surface area contributed by atoms with Crippen LogP contribution in [0.2, 0.25) is 0 Å². The number of hydrogen-bond donors (Lipinski definition) is 0. The van der Waals surface area contributed by atoms with E-state index in [2.05, 4.69) is 0 Å². The van der Waals surface area contributed by atoms with Crippen LogP contribution in [0.3, 0.4) is 0 Å². The van der Waals surface area contributed by atoms with Crippen molar-refractivity contribution in [3.05, 3.63) is 96.1 Å². The zero-order chi connectivity index (χ0) is 19.9. The van der Waals surface area contributed by atoms with Crippen molar-refractivity contribution in [3.8, 4) is 0 Å². The van der Waals surface area contributed by atoms with Gasteiger partial charge in [0.15, 0.2) is 11.6 Å². The predicted octanol–water partition coefficient (Wildman–Crippen LogP) is 5.91. The van der Waals surface area contributed by atoms with E-state index >= 15 is 0 Å². The van der Waals surface area contributed by atoms with Crippen LogP contribution in [-0.2, 0) is 0 Å². The molecule has 0 aliphatic heterocycles. The number of ketones is 2. The molecule has 0 heterocycles. The average Bonchev–Trinajstić information content (AvgIpc) is 2.73. The lowest BCUT2D eigenvalue weighted by Crippen LogP contribution is -2.09. The first kappa shape index (κ1) is 19.4. The first-order valence-corrected chi connectivity index (χ1v) is 8.69. The van der Waals surface area contributed by atoms with Gasteiger partial charge in [-0.25, -0.2) is 0 Å². The summed E-state index contributed by atoms with van der Waals surface area (Å²) in [6.07, 6.45) is -0.123. The van der Waals surface area contributed by atoms with Gasteiger partial charge in [-0.05, 0) is 21.5 Å². The van der Waals surface area contributed by atoms with Crippen molar-refractivity contribution in [1.82, 2.24) is 0 Å². The van der Waals surface area contributed by atoms with Crippen molar-refractivity contribution in [1.29, 1.82) is 0 Å². The molecule has 0 saturated carbocycles. The second kappa shape index (κ2) is 9.04. The molecule has 28 heavy (non-hydrogen) atoms. The van der Waals surface area contributed by atoms with Crippen LogP contribution in [-0.4, -0.2) is 19.4 Å². The van der Waals surface area contributed by atoms with Gasteiger partial charge in [0.1, 0.15) is 0 Å². The molecule has 5 heteroatoms. The highest BCUT2D eigenvalue weighted by atomic mass is 19.2. The molecule has 137 valence electrons. The minimum atomic E-state index is -1.00. The van der Waals surface area contributed by atoms with E-state index in [0.717, 1.165) is 21.5 Å². The number of halogens is 2. The van der Waals surface area contributed by atoms with Crippen LogP contribution >= 0.6 is 0 Å². The maximum atomic E-state index is 12.8. The maximum absolute atomic E-state index is 12.8. The summed E-state index contributed by atoms with van der Waals surface area (Å²) >= 11 is 0. The number of carbonyl (C=O) groups is 2. The number of fused-ring (bicyclic) bond motifs is 2. The van der Waals surface area contributed by atoms with E-state index in [1.807, 2.05) is 72.8 Å². The summed E-state index contributed by atoms with van der Waals surface area (Å²) in [4.78, 5) is 25.5. The van der Waals surface area contributed by atoms with E-state index in [0.29, 0.717) is 11.1 Å². The molecular formula is C23H16BF2O2. The molecule has 0 saturated heterocycles. The van der Waals surface area contributed by atoms with Gasteiger partial charge in [0.2, 0.25) is 0 Å². The topological polar surface area (TPSA) is 34.1 Å². The van der Waals surface area contributed by atoms with Gasteiger partial charge in [-0.15, -0.1) is 0 Å². The third-order valence-corrected chi connectivity index (χ3v) is 4.50. The third-order valence-electron chi connectivity index (χ3n) is 4.50. The van der Waals surface area contributed by atoms with Gasteiger partial charge in [-0.2, -0.15) is 0 Å². The SMILES string of the molecule is F[B]F.O=C(CC(=O)c1cccc2ccccc12)c1cccc2ccccc12. The van der Waals surface area contributed by atoms with Crippen LogP contribution in [0.4, 0.5) is 8.63 Å². The van der Waals surface area contributed by atoms with Crippen LogP contribution in [0.1, 0.15) is 27.1 Å². The molecule has 1 radical (unpaired) electrons. The standard InChI is InChI=1S/C23H16O2.BF2/c24-22(20-13-5-9-16-7-1-3-11-18(16)20)15-23(25)21-14-6-10-17-8-2-4-12-19(17)21;2-1-3/h1-14H,15H2;. The molecule has 0 spiro atoms. The highest BCUT2D eigenvalue weighted by Gasteiger charge is 2.17. The van der Waals surface area contributed by atoms with E-state index in [-0.39, 0.29) is 18.0 Å². The molecule has 0 amide bonds. The largest absolute Gasteiger partial charge is 0.577 e. The molecule has 2 nitrogen and oxygen atoms in total. The maximum Gasteiger partial charge on any atom is 0.577 e. The Bertz CT molecular complexity index is 1040. The van der Waals surface area contributed by atoms with Crippen molar-refractivity contribution in [2.75, 3.05) is 0 Å². The molecular weight excluding hydrogens is 357 g/mol. The van der Waals surface area contributed by atoms with Gasteiger partial charge in [0.05, 0.1) is 6.42 Å². The number of carbonyl (C=O) groups excluding carboxylic acids is 2. The molecule has 0 aliphatic rings. The zero-order valence-electron chi connectivity index (χ0n) is 14.9. The molecule has 4 aromatic rings. The summed E-state index contributed by atoms with van der Waals surface area (Å²) in [6.45, 7) is 0. The Hall–Kier alpha value is -3.34. The van der Waals surface area contributed by atoms with Crippen molar-refractivity contribution in [3.63, 3.8) is 0 Å². The van der Waals surface area contributed by atoms with Crippen molar-refractivity contribution in [2.45, 2.75) is 6.42 Å². The summed E-state index contributed by atoms with van der Waals surface area (Å²) in [7, 11) is -1.00. The van der Waals surface area contributed by atoms with Crippen molar-refractivity contribution in [2.24, 2.45) is 0 Å². The molecule has 0 aromatic heterocycles. The summed E-state index contributed by atoms with van der Waals surface area (Å²) in [5, 5.41) is 3.79. The van der Waals surface area contributed by atoms with Crippen LogP contribution in [0.25, 0.3) is 21.5 Å². The second-order valence-electron chi connectivity index (χ2n) is 6.16. The number of hydrogen-bond acceptors (Lipinski definition) is 2. The molecule has 0 fully saturated rings. The van der Waals surface area contributed by atoms with E-state index < -0.39 is 7.83 Å². The Labute approximate surface area is 162 Å². The Morgan fingerprint density at radius 2 is 0.964 bits per heavy atom. The highest BCUT2D eigenvalue weighted by molar-refractivity contribution is 6.20. The van der Waals surface area contributed by atoms with E-state index in [1.165, 1.54) is 0 Å². The fourth-order valence-electron chi connectivity index (χ4n) is 3.27. The predicted molar refractivity (Wildman–Crippen MR) is 109 cm³/mol. The fourth-order valence-corrected chi connectivity index (χ4v) is 3.27. The minimum absolute atomic E-state index is 0.123. The lowest BCUT2D eigenvalue weighted by Gasteiger charge is -2.07. The number of Topliss-reactive ketones (excluding diaryl/α,β-unsaturated/α-hetero) is 2. The normalized spacial score (nSPS) is 10.2. The van der Waals surface area contributed by atoms with E-state index in [1.54, 1.807) is 12.1 Å². The molecule has 4 aromatic carbocycles. The number of rotatable bonds is 4. The van der Waals surface area contributed by atoms with E-state index in [9.17, 15) is 18.2 Å². The molecule has 0 unspecified atom stereocenters.